The molecule has 2 heterocycles. The number of nitrogens with two attached hydrogens (primary N) is 1. The Hall–Kier alpha value is -3.81. The first-order chi connectivity index (χ1) is 27.4. The number of hydrogen-bond acceptors (Lipinski definition) is 9. The molecule has 0 radical (unpaired) electrons. The number of nitrogens with zero attached hydrogens (tertiary/aromatic N) is 3. The number of carbonyl (C=O) groups is 4. The third-order valence-electron chi connectivity index (χ3n) is 11.7. The van der Waals surface area contributed by atoms with E-state index < -0.39 is 41.5 Å². The highest BCUT2D eigenvalue weighted by atomic mass is 32.1. The second-order valence-corrected chi connectivity index (χ2v) is 18.1. The largest absolute Gasteiger partial charge is 0.481 e. The van der Waals surface area contributed by atoms with E-state index in [0.717, 1.165) is 62.6 Å². The van der Waals surface area contributed by atoms with Crippen LogP contribution in [-0.2, 0) is 25.5 Å². The summed E-state index contributed by atoms with van der Waals surface area (Å²) in [5, 5.41) is 18.5. The van der Waals surface area contributed by atoms with Gasteiger partial charge in [0, 0.05) is 36.7 Å². The van der Waals surface area contributed by atoms with Gasteiger partial charge in [0.1, 0.15) is 22.8 Å². The number of hydrogen-bond donors (Lipinski definition) is 4. The lowest BCUT2D eigenvalue weighted by Gasteiger charge is -2.39. The zero-order chi connectivity index (χ0) is 43.2. The Balaban J connectivity index is 1.91. The molecule has 5 N–H and O–H groups in total. The summed E-state index contributed by atoms with van der Waals surface area (Å²) >= 11 is 1.31. The number of nitrogens with one attached hydrogen (secondary N) is 2. The van der Waals surface area contributed by atoms with Crippen LogP contribution in [0.2, 0.25) is 0 Å². The Bertz CT molecular complexity index is 1650. The van der Waals surface area contributed by atoms with Crippen LogP contribution in [0.25, 0.3) is 0 Å². The lowest BCUT2D eigenvalue weighted by molar-refractivity contribution is -0.147. The number of piperidine rings is 1. The van der Waals surface area contributed by atoms with Crippen molar-refractivity contribution in [2.75, 3.05) is 32.5 Å². The third kappa shape index (κ3) is 14.2. The van der Waals surface area contributed by atoms with Gasteiger partial charge in [-0.15, -0.1) is 11.3 Å². The number of anilines is 1. The van der Waals surface area contributed by atoms with Crippen LogP contribution >= 0.6 is 11.3 Å². The number of aliphatic carboxylic acids is 1. The van der Waals surface area contributed by atoms with E-state index in [1.807, 2.05) is 51.8 Å². The number of carboxylic acids is 1. The molecule has 1 aromatic heterocycles. The van der Waals surface area contributed by atoms with Crippen molar-refractivity contribution in [1.82, 2.24) is 25.4 Å². The van der Waals surface area contributed by atoms with Gasteiger partial charge in [-0.1, -0.05) is 77.7 Å². The topological polar surface area (TPSA) is 167 Å². The van der Waals surface area contributed by atoms with Crippen molar-refractivity contribution in [2.24, 2.45) is 17.3 Å². The molecule has 0 saturated carbocycles. The predicted molar refractivity (Wildman–Crippen MR) is 234 cm³/mol. The summed E-state index contributed by atoms with van der Waals surface area (Å²) in [5.41, 5.74) is 7.35. The summed E-state index contributed by atoms with van der Waals surface area (Å²) in [6.45, 7) is 21.6. The van der Waals surface area contributed by atoms with Crippen LogP contribution < -0.4 is 16.4 Å². The van der Waals surface area contributed by atoms with Crippen molar-refractivity contribution in [3.63, 3.8) is 0 Å². The minimum atomic E-state index is -1.09. The molecule has 12 nitrogen and oxygen atoms in total. The fourth-order valence-electron chi connectivity index (χ4n) is 7.66. The van der Waals surface area contributed by atoms with Gasteiger partial charge in [-0.3, -0.25) is 24.1 Å². The zero-order valence-corrected chi connectivity index (χ0v) is 37.5. The maximum atomic E-state index is 14.9. The Morgan fingerprint density at radius 3 is 2.41 bits per heavy atom. The molecule has 1 aromatic carbocycles. The van der Waals surface area contributed by atoms with E-state index in [-0.39, 0.29) is 35.9 Å². The molecule has 0 bridgehead atoms. The zero-order valence-electron chi connectivity index (χ0n) is 36.6. The number of likely N-dealkylation sites (N-methyl/N-ethyl adjacent to an activating group) is 1. The summed E-state index contributed by atoms with van der Waals surface area (Å²) in [7, 11) is 1.98. The molecule has 3 amide bonds. The Morgan fingerprint density at radius 2 is 1.81 bits per heavy atom. The minimum Gasteiger partial charge on any atom is -0.481 e. The lowest BCUT2D eigenvalue weighted by atomic mass is 9.84. The van der Waals surface area contributed by atoms with Crippen molar-refractivity contribution >= 4 is 40.7 Å². The van der Waals surface area contributed by atoms with E-state index in [4.69, 9.17) is 15.5 Å². The Kier molecular flexibility index (Phi) is 19.3. The number of rotatable bonds is 24. The molecule has 3 rings (SSSR count). The van der Waals surface area contributed by atoms with Gasteiger partial charge in [0.05, 0.1) is 17.5 Å². The number of carbonyl (C=O) groups excluding carboxylic acids is 3. The fraction of sp³-hybridized carbons (Fsp3) is 0.667. The fourth-order valence-corrected chi connectivity index (χ4v) is 8.52. The second kappa shape index (κ2) is 23.1. The molecule has 1 aliphatic rings. The molecular weight excluding hydrogens is 753 g/mol. The molecule has 0 spiro atoms. The Labute approximate surface area is 351 Å². The van der Waals surface area contributed by atoms with Crippen LogP contribution in [0.4, 0.5) is 5.69 Å². The summed E-state index contributed by atoms with van der Waals surface area (Å²) in [6.07, 6.45) is 6.85. The number of ether oxygens (including phenoxy) is 1. The first kappa shape index (κ1) is 48.6. The molecule has 7 atom stereocenters. The van der Waals surface area contributed by atoms with Crippen LogP contribution in [0.5, 0.6) is 0 Å². The molecular formula is C45H72N6O6S. The summed E-state index contributed by atoms with van der Waals surface area (Å²) in [6, 6.07) is 5.42. The van der Waals surface area contributed by atoms with Crippen LogP contribution in [0, 0.1) is 17.3 Å². The van der Waals surface area contributed by atoms with Crippen molar-refractivity contribution < 1.29 is 29.0 Å². The van der Waals surface area contributed by atoms with E-state index >= 15 is 0 Å². The van der Waals surface area contributed by atoms with Gasteiger partial charge in [-0.2, -0.15) is 0 Å². The molecule has 58 heavy (non-hydrogen) atoms. The van der Waals surface area contributed by atoms with E-state index in [1.165, 1.54) is 11.3 Å². The van der Waals surface area contributed by atoms with Crippen molar-refractivity contribution in [3.8, 4) is 0 Å². The molecule has 0 aliphatic carbocycles. The molecule has 1 saturated heterocycles. The average Bonchev–Trinajstić information content (AvgIpc) is 3.67. The van der Waals surface area contributed by atoms with Gasteiger partial charge in [0.2, 0.25) is 11.8 Å². The lowest BCUT2D eigenvalue weighted by Crippen LogP contribution is -2.58. The summed E-state index contributed by atoms with van der Waals surface area (Å²) in [5.74, 6) is -1.25. The third-order valence-corrected chi connectivity index (χ3v) is 12.6. The van der Waals surface area contributed by atoms with Crippen LogP contribution in [0.1, 0.15) is 140 Å². The van der Waals surface area contributed by atoms with Crippen LogP contribution in [-0.4, -0.2) is 94.5 Å². The number of carboxylic acid groups (broad SMARTS) is 1. The van der Waals surface area contributed by atoms with E-state index in [0.29, 0.717) is 42.6 Å². The summed E-state index contributed by atoms with van der Waals surface area (Å²) < 4.78 is 6.32. The van der Waals surface area contributed by atoms with Gasteiger partial charge >= 0.3 is 5.97 Å². The quantitative estimate of drug-likeness (QED) is 0.0473. The van der Waals surface area contributed by atoms with Gasteiger partial charge in [0.15, 0.2) is 0 Å². The molecule has 324 valence electrons. The minimum absolute atomic E-state index is 0.0978. The monoisotopic (exact) mass is 825 g/mol. The highest BCUT2D eigenvalue weighted by molar-refractivity contribution is 7.09. The van der Waals surface area contributed by atoms with Crippen molar-refractivity contribution in [1.29, 1.82) is 0 Å². The number of thiazole rings is 1. The first-order valence-electron chi connectivity index (χ1n) is 21.3. The van der Waals surface area contributed by atoms with E-state index in [9.17, 15) is 24.3 Å². The highest BCUT2D eigenvalue weighted by Gasteiger charge is 2.38. The standard InChI is InChI=1S/C45H72N6O6S/c1-11-14-15-16-22-51(43(54)39(31(7)12-2)49-41(53)37-24-30(6)21-23-50(37)10)36(29(4)5)26-38(57-13-3)42-48-35(28-58-42)40(52)47-34(27-45(8,9)44(55)56)25-32-17-19-33(46)20-18-32/h17-20,28,30-31,34,36-39H,4,11-16,21-27,46H2,1-3,5-10H3,(H,47,52)(H,49,53)(H,55,56)/t30-,31+,34+,36-,37-,38-,39+/m1/s1. The SMILES string of the molecule is C=C(C)[C@@H](C[C@@H](OCC)c1nc(C(=O)N[C@@H](Cc2ccc(N)cc2)CC(C)(C)C(=O)O)cs1)N(CCCCCC)C(=O)[C@@H](NC(=O)[C@H]1C[C@H](C)CCN1C)[C@@H](C)CC. The number of benzene rings is 1. The Morgan fingerprint density at radius 1 is 1.12 bits per heavy atom. The number of unbranched alkanes of at least 4 members (excludes halogenated alkanes) is 3. The van der Waals surface area contributed by atoms with Crippen LogP contribution in [0.3, 0.4) is 0 Å². The smallest absolute Gasteiger partial charge is 0.309 e. The molecule has 13 heteroatoms. The molecule has 2 aromatic rings. The van der Waals surface area contributed by atoms with Gasteiger partial charge in [-0.05, 0) is 103 Å². The number of nitrogen functional groups attached to an aromatic ring is 1. The van der Waals surface area contributed by atoms with E-state index in [1.54, 1.807) is 31.4 Å². The van der Waals surface area contributed by atoms with Crippen molar-refractivity contribution in [3.05, 3.63) is 58.1 Å². The summed E-state index contributed by atoms with van der Waals surface area (Å²) in [4.78, 5) is 63.4. The molecule has 0 unspecified atom stereocenters. The first-order valence-corrected chi connectivity index (χ1v) is 22.2. The van der Waals surface area contributed by atoms with Crippen LogP contribution in [0.15, 0.2) is 41.8 Å². The number of aromatic nitrogens is 1. The maximum absolute atomic E-state index is 14.9. The van der Waals surface area contributed by atoms with Gasteiger partial charge in [-0.25, -0.2) is 4.98 Å². The highest BCUT2D eigenvalue weighted by Crippen LogP contribution is 2.32. The normalized spacial score (nSPS) is 18.7. The van der Waals surface area contributed by atoms with Gasteiger partial charge in [0.25, 0.3) is 5.91 Å². The number of amides is 3. The number of likely N-dealkylation sites (tertiary alicyclic amines) is 1. The maximum Gasteiger partial charge on any atom is 0.309 e. The van der Waals surface area contributed by atoms with Gasteiger partial charge < -0.3 is 31.1 Å². The average molecular weight is 825 g/mol. The molecule has 1 aliphatic heterocycles. The second-order valence-electron chi connectivity index (χ2n) is 17.2. The predicted octanol–water partition coefficient (Wildman–Crippen LogP) is 7.65. The van der Waals surface area contributed by atoms with E-state index in [2.05, 4.69) is 36.0 Å². The molecule has 1 fully saturated rings. The van der Waals surface area contributed by atoms with Crippen molar-refractivity contribution in [2.45, 2.75) is 150 Å².